The molecule has 0 fully saturated rings. The standard InChI is InChI=1S/C37H57ClN2O6S/c1-4-7-8-9-10-11-12-13-14-15-16-17-18-21-31-22-19-23-32(28-31)46-27-20-26-39-47(42,43)33-24-25-34(38)35(29-33)40-36(44-5-2)30-37(41)45-6-3/h19,22-25,28-30,39-40H,4-18,20-21,26-27H2,1-3H3. The zero-order chi connectivity index (χ0) is 34.2. The number of hydrogen-bond donors (Lipinski definition) is 2. The number of benzene rings is 2. The Balaban J connectivity index is 1.69. The topological polar surface area (TPSA) is 103 Å². The lowest BCUT2D eigenvalue weighted by molar-refractivity contribution is -0.137. The summed E-state index contributed by atoms with van der Waals surface area (Å²) in [5.74, 6) is 0.309. The summed E-state index contributed by atoms with van der Waals surface area (Å²) < 4.78 is 44.8. The largest absolute Gasteiger partial charge is 0.494 e. The van der Waals surface area contributed by atoms with E-state index in [0.29, 0.717) is 13.0 Å². The van der Waals surface area contributed by atoms with Crippen LogP contribution in [0.2, 0.25) is 5.02 Å². The summed E-state index contributed by atoms with van der Waals surface area (Å²) in [5, 5.41) is 3.15. The maximum atomic E-state index is 13.0. The average Bonchev–Trinajstić information content (AvgIpc) is 3.04. The van der Waals surface area contributed by atoms with E-state index in [1.807, 2.05) is 12.1 Å². The fourth-order valence-corrected chi connectivity index (χ4v) is 6.41. The zero-order valence-corrected chi connectivity index (χ0v) is 30.4. The van der Waals surface area contributed by atoms with Gasteiger partial charge in [-0.05, 0) is 69.0 Å². The smallest absolute Gasteiger partial charge is 0.336 e. The van der Waals surface area contributed by atoms with Gasteiger partial charge in [0.15, 0.2) is 5.88 Å². The first kappa shape index (κ1) is 40.4. The summed E-state index contributed by atoms with van der Waals surface area (Å²) in [6.07, 6.45) is 20.2. The van der Waals surface area contributed by atoms with Crippen LogP contribution >= 0.6 is 11.6 Å². The molecule has 264 valence electrons. The van der Waals surface area contributed by atoms with Crippen LogP contribution < -0.4 is 14.8 Å². The summed E-state index contributed by atoms with van der Waals surface area (Å²) in [6, 6.07) is 12.5. The molecule has 0 aromatic heterocycles. The van der Waals surface area contributed by atoms with Crippen LogP contribution in [0, 0.1) is 0 Å². The number of carbonyl (C=O) groups excluding carboxylic acids is 1. The van der Waals surface area contributed by atoms with E-state index in [0.717, 1.165) is 18.2 Å². The van der Waals surface area contributed by atoms with E-state index in [1.165, 1.54) is 107 Å². The molecule has 2 aromatic rings. The van der Waals surface area contributed by atoms with Crippen molar-refractivity contribution in [2.75, 3.05) is 31.7 Å². The Labute approximate surface area is 289 Å². The quantitative estimate of drug-likeness (QED) is 0.0416. The fraction of sp³-hybridized carbons (Fsp3) is 0.595. The number of carbonyl (C=O) groups is 1. The molecule has 0 atom stereocenters. The van der Waals surface area contributed by atoms with Crippen LogP contribution in [0.4, 0.5) is 5.69 Å². The van der Waals surface area contributed by atoms with Crippen molar-refractivity contribution >= 4 is 33.3 Å². The number of anilines is 1. The third kappa shape index (κ3) is 17.8. The number of aryl methyl sites for hydroxylation is 1. The van der Waals surface area contributed by atoms with Crippen molar-refractivity contribution in [1.82, 2.24) is 4.72 Å². The van der Waals surface area contributed by atoms with E-state index in [-0.39, 0.29) is 41.2 Å². The maximum absolute atomic E-state index is 13.0. The molecule has 8 nitrogen and oxygen atoms in total. The van der Waals surface area contributed by atoms with Gasteiger partial charge in [0, 0.05) is 6.54 Å². The Morgan fingerprint density at radius 1 is 0.787 bits per heavy atom. The summed E-state index contributed by atoms with van der Waals surface area (Å²) in [4.78, 5) is 11.9. The molecular weight excluding hydrogens is 636 g/mol. The minimum Gasteiger partial charge on any atom is -0.494 e. The predicted molar refractivity (Wildman–Crippen MR) is 193 cm³/mol. The van der Waals surface area contributed by atoms with Crippen molar-refractivity contribution in [2.45, 2.75) is 122 Å². The van der Waals surface area contributed by atoms with E-state index < -0.39 is 16.0 Å². The summed E-state index contributed by atoms with van der Waals surface area (Å²) >= 11 is 6.29. The van der Waals surface area contributed by atoms with Crippen LogP contribution in [-0.2, 0) is 30.7 Å². The van der Waals surface area contributed by atoms with Gasteiger partial charge in [0.25, 0.3) is 0 Å². The van der Waals surface area contributed by atoms with Crippen molar-refractivity contribution in [2.24, 2.45) is 0 Å². The van der Waals surface area contributed by atoms with Crippen molar-refractivity contribution in [3.63, 3.8) is 0 Å². The van der Waals surface area contributed by atoms with Crippen LogP contribution in [0.5, 0.6) is 5.75 Å². The minimum absolute atomic E-state index is 0.0261. The van der Waals surface area contributed by atoms with Crippen molar-refractivity contribution in [3.8, 4) is 5.75 Å². The van der Waals surface area contributed by atoms with Gasteiger partial charge in [-0.3, -0.25) is 0 Å². The molecule has 0 amide bonds. The second-order valence-corrected chi connectivity index (χ2v) is 13.9. The maximum Gasteiger partial charge on any atom is 0.336 e. The Kier molecular flexibility index (Phi) is 21.0. The molecule has 0 unspecified atom stereocenters. The zero-order valence-electron chi connectivity index (χ0n) is 28.8. The van der Waals surface area contributed by atoms with Crippen LogP contribution in [-0.4, -0.2) is 40.8 Å². The molecule has 10 heteroatoms. The van der Waals surface area contributed by atoms with Crippen molar-refractivity contribution in [3.05, 3.63) is 65.0 Å². The van der Waals surface area contributed by atoms with Crippen LogP contribution in [0.25, 0.3) is 0 Å². The normalized spacial score (nSPS) is 11.8. The van der Waals surface area contributed by atoms with Gasteiger partial charge in [-0.2, -0.15) is 0 Å². The molecule has 0 aliphatic rings. The third-order valence-corrected chi connectivity index (χ3v) is 9.48. The number of nitrogens with one attached hydrogen (secondary N) is 2. The van der Waals surface area contributed by atoms with Gasteiger partial charge in [0.2, 0.25) is 10.0 Å². The van der Waals surface area contributed by atoms with E-state index in [1.54, 1.807) is 13.8 Å². The number of halogens is 1. The highest BCUT2D eigenvalue weighted by molar-refractivity contribution is 7.89. The highest BCUT2D eigenvalue weighted by Gasteiger charge is 2.17. The Hall–Kier alpha value is -2.75. The van der Waals surface area contributed by atoms with Gasteiger partial charge in [0.05, 0.1) is 41.5 Å². The first-order chi connectivity index (χ1) is 22.8. The molecule has 0 spiro atoms. The van der Waals surface area contributed by atoms with Gasteiger partial charge >= 0.3 is 5.97 Å². The number of esters is 1. The molecule has 2 N–H and O–H groups in total. The molecule has 2 aromatic carbocycles. The molecular formula is C37H57ClN2O6S. The lowest BCUT2D eigenvalue weighted by Gasteiger charge is -2.14. The van der Waals surface area contributed by atoms with Gasteiger partial charge in [-0.15, -0.1) is 0 Å². The van der Waals surface area contributed by atoms with Crippen LogP contribution in [0.3, 0.4) is 0 Å². The first-order valence-electron chi connectivity index (χ1n) is 17.6. The molecule has 0 radical (unpaired) electrons. The molecule has 0 saturated heterocycles. The van der Waals surface area contributed by atoms with E-state index >= 15 is 0 Å². The number of hydrogen-bond acceptors (Lipinski definition) is 7. The lowest BCUT2D eigenvalue weighted by Crippen LogP contribution is -2.26. The molecule has 0 aliphatic carbocycles. The molecule has 47 heavy (non-hydrogen) atoms. The Bertz CT molecular complexity index is 1300. The molecule has 0 aliphatic heterocycles. The average molecular weight is 693 g/mol. The minimum atomic E-state index is -3.81. The van der Waals surface area contributed by atoms with E-state index in [4.69, 9.17) is 25.8 Å². The van der Waals surface area contributed by atoms with Gasteiger partial charge < -0.3 is 19.5 Å². The summed E-state index contributed by atoms with van der Waals surface area (Å²) in [5.41, 5.74) is 1.54. The monoisotopic (exact) mass is 692 g/mol. The summed E-state index contributed by atoms with van der Waals surface area (Å²) in [6.45, 7) is 6.81. The van der Waals surface area contributed by atoms with Crippen LogP contribution in [0.1, 0.15) is 116 Å². The number of rotatable bonds is 27. The van der Waals surface area contributed by atoms with Crippen molar-refractivity contribution < 1.29 is 27.4 Å². The summed E-state index contributed by atoms with van der Waals surface area (Å²) in [7, 11) is -3.81. The van der Waals surface area contributed by atoms with Gasteiger partial charge in [-0.1, -0.05) is 108 Å². The second-order valence-electron chi connectivity index (χ2n) is 11.7. The Morgan fingerprint density at radius 2 is 1.43 bits per heavy atom. The fourth-order valence-electron chi connectivity index (χ4n) is 5.15. The predicted octanol–water partition coefficient (Wildman–Crippen LogP) is 9.57. The number of ether oxygens (including phenoxy) is 3. The highest BCUT2D eigenvalue weighted by Crippen LogP contribution is 2.27. The highest BCUT2D eigenvalue weighted by atomic mass is 35.5. The third-order valence-electron chi connectivity index (χ3n) is 7.69. The first-order valence-corrected chi connectivity index (χ1v) is 19.4. The van der Waals surface area contributed by atoms with Gasteiger partial charge in [0.1, 0.15) is 5.75 Å². The lowest BCUT2D eigenvalue weighted by atomic mass is 10.0. The second kappa shape index (κ2) is 24.4. The van der Waals surface area contributed by atoms with E-state index in [2.05, 4.69) is 29.1 Å². The molecule has 2 rings (SSSR count). The van der Waals surface area contributed by atoms with E-state index in [9.17, 15) is 13.2 Å². The molecule has 0 saturated carbocycles. The van der Waals surface area contributed by atoms with Gasteiger partial charge in [-0.25, -0.2) is 17.9 Å². The van der Waals surface area contributed by atoms with Crippen LogP contribution in [0.15, 0.2) is 59.3 Å². The molecule has 0 heterocycles. The Morgan fingerprint density at radius 3 is 2.06 bits per heavy atom. The van der Waals surface area contributed by atoms with Crippen molar-refractivity contribution in [1.29, 1.82) is 0 Å². The number of unbranched alkanes of at least 4 members (excludes halogenated alkanes) is 12. The molecule has 0 bridgehead atoms. The number of sulfonamides is 1. The SMILES string of the molecule is CCCCCCCCCCCCCCCc1cccc(OCCCNS(=O)(=O)c2ccc(Cl)c(NC(=CC(=O)OCC)OCC)c2)c1.